The summed E-state index contributed by atoms with van der Waals surface area (Å²) < 4.78 is 42.6. The number of benzene rings is 3. The average Bonchev–Trinajstić information content (AvgIpc) is 3.50. The Hall–Kier alpha value is -4.98. The van der Waals surface area contributed by atoms with Crippen molar-refractivity contribution in [2.45, 2.75) is 76.4 Å². The molecule has 0 saturated heterocycles. The lowest BCUT2D eigenvalue weighted by Crippen LogP contribution is -2.49. The van der Waals surface area contributed by atoms with Gasteiger partial charge in [-0.25, -0.2) is 4.21 Å². The highest BCUT2D eigenvalue weighted by atomic mass is 35.5. The number of esters is 1. The van der Waals surface area contributed by atoms with Crippen LogP contribution in [0.4, 0.5) is 5.69 Å². The minimum Gasteiger partial charge on any atom is -0.490 e. The van der Waals surface area contributed by atoms with E-state index in [1.54, 1.807) is 46.2 Å². The van der Waals surface area contributed by atoms with E-state index in [4.69, 9.17) is 25.8 Å². The number of carbonyl (C=O) groups is 3. The Balaban J connectivity index is 1.19. The zero-order valence-electron chi connectivity index (χ0n) is 35.2. The van der Waals surface area contributed by atoms with Crippen LogP contribution in [0, 0.1) is 24.7 Å². The fraction of sp³-hybridized carbons (Fsp3) is 0.447. The Morgan fingerprint density at radius 2 is 1.87 bits per heavy atom. The van der Waals surface area contributed by atoms with Gasteiger partial charge in [0.15, 0.2) is 0 Å². The van der Waals surface area contributed by atoms with Crippen molar-refractivity contribution in [1.82, 2.24) is 14.5 Å². The van der Waals surface area contributed by atoms with Crippen LogP contribution in [0.15, 0.2) is 89.4 Å². The predicted octanol–water partition coefficient (Wildman–Crippen LogP) is 7.60. The molecule has 3 aromatic carbocycles. The molecule has 0 radical (unpaired) electrons. The molecule has 4 aliphatic rings. The molecule has 3 heterocycles. The molecule has 1 spiro atoms. The summed E-state index contributed by atoms with van der Waals surface area (Å²) in [6, 6.07) is 21.1. The monoisotopic (exact) mass is 867 g/mol. The van der Waals surface area contributed by atoms with E-state index in [1.165, 1.54) is 22.0 Å². The van der Waals surface area contributed by atoms with Gasteiger partial charge in [0.2, 0.25) is 0 Å². The highest BCUT2D eigenvalue weighted by Gasteiger charge is 2.44. The van der Waals surface area contributed by atoms with Crippen LogP contribution in [0.25, 0.3) is 0 Å². The highest BCUT2D eigenvalue weighted by Crippen LogP contribution is 2.47. The number of ether oxygens (including phenoxy) is 3. The van der Waals surface area contributed by atoms with E-state index < -0.39 is 39.7 Å². The number of hydrogen-bond donors (Lipinski definition) is 1. The van der Waals surface area contributed by atoms with Crippen molar-refractivity contribution in [3.05, 3.63) is 124 Å². The van der Waals surface area contributed by atoms with Gasteiger partial charge in [0.05, 0.1) is 35.4 Å². The lowest BCUT2D eigenvalue weighted by atomic mass is 9.68. The van der Waals surface area contributed by atoms with Crippen LogP contribution < -0.4 is 14.4 Å². The van der Waals surface area contributed by atoms with Gasteiger partial charge < -0.3 is 19.1 Å². The number of carbonyl (C=O) groups excluding carboxylic acids is 3. The maximum atomic E-state index is 15.1. The van der Waals surface area contributed by atoms with Gasteiger partial charge in [-0.2, -0.15) is 5.10 Å². The van der Waals surface area contributed by atoms with Crippen LogP contribution >= 0.6 is 11.6 Å². The number of aryl methyl sites for hydroxylation is 4. The molecule has 61 heavy (non-hydrogen) atoms. The first-order chi connectivity index (χ1) is 29.3. The maximum Gasteiger partial charge on any atom is 0.306 e. The summed E-state index contributed by atoms with van der Waals surface area (Å²) in [5, 5.41) is 4.99. The Morgan fingerprint density at radius 1 is 1.07 bits per heavy atom. The zero-order valence-corrected chi connectivity index (χ0v) is 36.8. The van der Waals surface area contributed by atoms with Crippen molar-refractivity contribution in [3.8, 4) is 5.75 Å². The highest BCUT2D eigenvalue weighted by molar-refractivity contribution is 7.92. The lowest BCUT2D eigenvalue weighted by Gasteiger charge is -2.46. The van der Waals surface area contributed by atoms with Crippen molar-refractivity contribution >= 4 is 45.0 Å². The number of hydrogen-bond acceptors (Lipinski definition) is 9. The van der Waals surface area contributed by atoms with Crippen molar-refractivity contribution in [3.63, 3.8) is 0 Å². The number of anilines is 1. The standard InChI is InChI=1S/C47H54ClN5O7S/c1-30-27-61(57,51-46(56)38-26-52(3)49-31(38)2)50-45(55)34-14-18-43-40(24-34)53(28-47(29-59-43)22-8-11-33-23-36(48)15-17-39(33)47)25-35-13-16-37(35)42(58-4)20-19-41(30)60-44(54)21-12-32-9-6-5-7-10-32/h5-7,9-10,14-15,17-20,23-24,26,30,35,37,41-42H,8,11-13,16,21-22,25,27-29H2,1-4H3,(H,50,51,55,56,57)/b20-19+/t30-,35+,37-,41+,42+,47+,61+/m1/s1. The molecule has 14 heteroatoms. The molecule has 2 aliphatic carbocycles. The first-order valence-corrected chi connectivity index (χ1v) is 23.2. The van der Waals surface area contributed by atoms with Gasteiger partial charge in [-0.1, -0.05) is 61.0 Å². The van der Waals surface area contributed by atoms with Crippen LogP contribution in [0.3, 0.4) is 0 Å². The number of fused-ring (bicyclic) bond motifs is 4. The molecule has 1 N–H and O–H groups in total. The second-order valence-corrected chi connectivity index (χ2v) is 19.7. The van der Waals surface area contributed by atoms with E-state index >= 15 is 4.21 Å². The van der Waals surface area contributed by atoms with Gasteiger partial charge in [0, 0.05) is 61.8 Å². The Kier molecular flexibility index (Phi) is 12.4. The third-order valence-electron chi connectivity index (χ3n) is 12.9. The van der Waals surface area contributed by atoms with Crippen molar-refractivity contribution in [2.24, 2.45) is 29.2 Å². The van der Waals surface area contributed by atoms with Crippen LogP contribution in [0.2, 0.25) is 5.02 Å². The minimum atomic E-state index is -3.85. The summed E-state index contributed by atoms with van der Waals surface area (Å²) in [5.41, 5.74) is 4.73. The Bertz CT molecular complexity index is 2460. The zero-order chi connectivity index (χ0) is 42.9. The molecule has 1 fully saturated rings. The van der Waals surface area contributed by atoms with E-state index in [0.717, 1.165) is 43.4 Å². The fourth-order valence-corrected chi connectivity index (χ4v) is 11.7. The SMILES string of the molecule is CO[C@H]1/C=C/[C@H](OC(=O)CCc2ccccc2)[C@H](C)C[S@@](=O)(NC(=O)c2cn(C)nc2C)=NC(=O)c2ccc3c(c2)N(C[C@@H]2CC[C@H]21)C[C@@]1(CCCc2cc(Cl)ccc21)CO3. The first-order valence-electron chi connectivity index (χ1n) is 21.2. The summed E-state index contributed by atoms with van der Waals surface area (Å²) in [6.45, 7) is 5.24. The van der Waals surface area contributed by atoms with Crippen molar-refractivity contribution < 1.29 is 32.8 Å². The molecule has 7 atom stereocenters. The van der Waals surface area contributed by atoms with Gasteiger partial charge in [0.25, 0.3) is 11.8 Å². The Labute approximate surface area is 363 Å². The molecule has 2 amide bonds. The third kappa shape index (κ3) is 9.29. The second kappa shape index (κ2) is 17.8. The number of amides is 2. The number of nitrogens with zero attached hydrogens (tertiary/aromatic N) is 4. The molecule has 8 rings (SSSR count). The fourth-order valence-electron chi connectivity index (χ4n) is 9.61. The normalized spacial score (nSPS) is 27.9. The van der Waals surface area contributed by atoms with Crippen molar-refractivity contribution in [1.29, 1.82) is 0 Å². The molecule has 4 aromatic rings. The molecular weight excluding hydrogens is 814 g/mol. The largest absolute Gasteiger partial charge is 0.490 e. The van der Waals surface area contributed by atoms with Gasteiger partial charge >= 0.3 is 5.97 Å². The van der Waals surface area contributed by atoms with Crippen LogP contribution in [0.5, 0.6) is 5.75 Å². The van der Waals surface area contributed by atoms with E-state index in [1.807, 2.05) is 48.6 Å². The molecule has 1 aromatic heterocycles. The predicted molar refractivity (Wildman–Crippen MR) is 235 cm³/mol. The quantitative estimate of drug-likeness (QED) is 0.147. The summed E-state index contributed by atoms with van der Waals surface area (Å²) in [6.07, 6.45) is 9.53. The van der Waals surface area contributed by atoms with Crippen LogP contribution in [0.1, 0.15) is 82.1 Å². The number of nitrogens with one attached hydrogen (secondary N) is 1. The van der Waals surface area contributed by atoms with Gasteiger partial charge in [0.1, 0.15) is 21.8 Å². The lowest BCUT2D eigenvalue weighted by molar-refractivity contribution is -0.148. The summed E-state index contributed by atoms with van der Waals surface area (Å²) >= 11 is 6.50. The molecule has 322 valence electrons. The summed E-state index contributed by atoms with van der Waals surface area (Å²) in [5.74, 6) is -1.75. The van der Waals surface area contributed by atoms with E-state index in [9.17, 15) is 14.4 Å². The van der Waals surface area contributed by atoms with E-state index in [2.05, 4.69) is 31.2 Å². The van der Waals surface area contributed by atoms with E-state index in [0.29, 0.717) is 42.6 Å². The summed E-state index contributed by atoms with van der Waals surface area (Å²) in [4.78, 5) is 44.0. The first kappa shape index (κ1) is 42.7. The second-order valence-electron chi connectivity index (χ2n) is 17.2. The molecule has 0 unspecified atom stereocenters. The third-order valence-corrected chi connectivity index (χ3v) is 15.1. The topological polar surface area (TPSA) is 141 Å². The molecule has 12 nitrogen and oxygen atoms in total. The van der Waals surface area contributed by atoms with E-state index in [-0.39, 0.29) is 46.7 Å². The van der Waals surface area contributed by atoms with Crippen LogP contribution in [-0.2, 0) is 49.5 Å². The Morgan fingerprint density at radius 3 is 2.61 bits per heavy atom. The van der Waals surface area contributed by atoms with Crippen molar-refractivity contribution in [2.75, 3.05) is 37.5 Å². The molecule has 1 saturated carbocycles. The molecular formula is C47H54ClN5O7S. The number of aromatic nitrogens is 2. The number of halogens is 1. The number of methoxy groups -OCH3 is 1. The molecule has 2 aliphatic heterocycles. The minimum absolute atomic E-state index is 0.131. The van der Waals surface area contributed by atoms with Crippen LogP contribution in [-0.4, -0.2) is 76.5 Å². The number of rotatable bonds is 7. The van der Waals surface area contributed by atoms with Gasteiger partial charge in [-0.05, 0) is 110 Å². The summed E-state index contributed by atoms with van der Waals surface area (Å²) in [7, 11) is -0.466. The van der Waals surface area contributed by atoms with Gasteiger partial charge in [-0.3, -0.25) is 23.8 Å². The maximum absolute atomic E-state index is 15.1. The smallest absolute Gasteiger partial charge is 0.306 e. The molecule has 2 bridgehead atoms. The average molecular weight is 868 g/mol. The van der Waals surface area contributed by atoms with Gasteiger partial charge in [-0.15, -0.1) is 4.36 Å².